The summed E-state index contributed by atoms with van der Waals surface area (Å²) in [5.41, 5.74) is 1.11. The van der Waals surface area contributed by atoms with Gasteiger partial charge in [-0.2, -0.15) is 18.3 Å². The second-order valence-corrected chi connectivity index (χ2v) is 8.26. The molecule has 6 nitrogen and oxygen atoms in total. The first kappa shape index (κ1) is 20.9. The summed E-state index contributed by atoms with van der Waals surface area (Å²) in [7, 11) is -0.467. The van der Waals surface area contributed by atoms with Crippen molar-refractivity contribution < 1.29 is 21.6 Å². The standard InChI is InChI=1S/C19H19F3N4O2S/c1-12-10-13(8-9-14(12)25(2)3)16-11-18(19(20,21)22)24-26(16)15-6-4-5-7-17(15)29(23,27)28/h4-11H,1-3H3,(H2,23,27,28). The number of hydrogen-bond donors (Lipinski definition) is 1. The van der Waals surface area contributed by atoms with Crippen molar-refractivity contribution in [3.05, 3.63) is 59.8 Å². The van der Waals surface area contributed by atoms with E-state index in [0.29, 0.717) is 5.56 Å². The lowest BCUT2D eigenvalue weighted by Gasteiger charge is -2.17. The Morgan fingerprint density at radius 1 is 1.07 bits per heavy atom. The van der Waals surface area contributed by atoms with Crippen LogP contribution in [-0.4, -0.2) is 32.3 Å². The molecule has 0 fully saturated rings. The maximum Gasteiger partial charge on any atom is 0.435 e. The van der Waals surface area contributed by atoms with Gasteiger partial charge in [0.05, 0.1) is 11.4 Å². The Kier molecular flexibility index (Phi) is 5.18. The highest BCUT2D eigenvalue weighted by atomic mass is 32.2. The highest BCUT2D eigenvalue weighted by Crippen LogP contribution is 2.35. The molecule has 0 atom stereocenters. The van der Waals surface area contributed by atoms with E-state index in [9.17, 15) is 21.6 Å². The summed E-state index contributed by atoms with van der Waals surface area (Å²) in [4.78, 5) is 1.56. The second-order valence-electron chi connectivity index (χ2n) is 6.73. The monoisotopic (exact) mass is 424 g/mol. The van der Waals surface area contributed by atoms with E-state index >= 15 is 0 Å². The van der Waals surface area contributed by atoms with Crippen LogP contribution in [0.1, 0.15) is 11.3 Å². The van der Waals surface area contributed by atoms with E-state index in [-0.39, 0.29) is 16.3 Å². The minimum Gasteiger partial charge on any atom is -0.377 e. The quantitative estimate of drug-likeness (QED) is 0.694. The minimum atomic E-state index is -4.70. The van der Waals surface area contributed by atoms with Gasteiger partial charge in [0.1, 0.15) is 4.90 Å². The van der Waals surface area contributed by atoms with Crippen LogP contribution in [-0.2, 0) is 16.2 Å². The van der Waals surface area contributed by atoms with Crippen LogP contribution in [0.25, 0.3) is 16.9 Å². The highest BCUT2D eigenvalue weighted by molar-refractivity contribution is 7.89. The molecule has 0 unspecified atom stereocenters. The number of para-hydroxylation sites is 1. The number of rotatable bonds is 4. The molecular formula is C19H19F3N4O2S. The van der Waals surface area contributed by atoms with Crippen molar-refractivity contribution in [3.63, 3.8) is 0 Å². The van der Waals surface area contributed by atoms with Crippen LogP contribution >= 0.6 is 0 Å². The van der Waals surface area contributed by atoms with E-state index in [0.717, 1.165) is 22.0 Å². The molecule has 3 aromatic rings. The van der Waals surface area contributed by atoms with Crippen molar-refractivity contribution in [1.82, 2.24) is 9.78 Å². The van der Waals surface area contributed by atoms with Gasteiger partial charge in [-0.3, -0.25) is 0 Å². The van der Waals surface area contributed by atoms with Crippen molar-refractivity contribution in [2.45, 2.75) is 18.0 Å². The number of benzene rings is 2. The number of alkyl halides is 3. The van der Waals surface area contributed by atoms with Gasteiger partial charge in [-0.25, -0.2) is 18.2 Å². The Morgan fingerprint density at radius 3 is 2.28 bits per heavy atom. The molecule has 29 heavy (non-hydrogen) atoms. The molecule has 2 aromatic carbocycles. The highest BCUT2D eigenvalue weighted by Gasteiger charge is 2.36. The molecule has 2 N–H and O–H groups in total. The number of aryl methyl sites for hydroxylation is 1. The van der Waals surface area contributed by atoms with Gasteiger partial charge >= 0.3 is 6.18 Å². The van der Waals surface area contributed by atoms with Crippen molar-refractivity contribution >= 4 is 15.7 Å². The SMILES string of the molecule is Cc1cc(-c2cc(C(F)(F)F)nn2-c2ccccc2S(N)(=O)=O)ccc1N(C)C. The summed E-state index contributed by atoms with van der Waals surface area (Å²) in [6, 6.07) is 11.6. The van der Waals surface area contributed by atoms with E-state index in [1.807, 2.05) is 25.9 Å². The fourth-order valence-corrected chi connectivity index (χ4v) is 3.81. The second kappa shape index (κ2) is 7.20. The van der Waals surface area contributed by atoms with Gasteiger partial charge in [-0.1, -0.05) is 18.2 Å². The van der Waals surface area contributed by atoms with E-state index in [1.54, 1.807) is 18.2 Å². The van der Waals surface area contributed by atoms with Gasteiger partial charge in [-0.05, 0) is 42.8 Å². The third-order valence-electron chi connectivity index (χ3n) is 4.37. The van der Waals surface area contributed by atoms with Crippen LogP contribution in [0.2, 0.25) is 0 Å². The summed E-state index contributed by atoms with van der Waals surface area (Å²) in [6.45, 7) is 1.84. The average molecular weight is 424 g/mol. The van der Waals surface area contributed by atoms with E-state index in [1.165, 1.54) is 24.3 Å². The zero-order valence-corrected chi connectivity index (χ0v) is 16.7. The molecule has 1 aromatic heterocycles. The Bertz CT molecular complexity index is 1170. The molecule has 0 saturated heterocycles. The zero-order valence-electron chi connectivity index (χ0n) is 15.9. The molecule has 0 radical (unpaired) electrons. The van der Waals surface area contributed by atoms with Crippen molar-refractivity contribution in [3.8, 4) is 16.9 Å². The van der Waals surface area contributed by atoms with Gasteiger partial charge in [0, 0.05) is 25.3 Å². The maximum absolute atomic E-state index is 13.4. The summed E-state index contributed by atoms with van der Waals surface area (Å²) < 4.78 is 65.0. The summed E-state index contributed by atoms with van der Waals surface area (Å²) >= 11 is 0. The molecule has 0 bridgehead atoms. The molecule has 0 saturated carbocycles. The summed E-state index contributed by atoms with van der Waals surface area (Å²) in [5.74, 6) is 0. The van der Waals surface area contributed by atoms with Crippen LogP contribution in [0.5, 0.6) is 0 Å². The van der Waals surface area contributed by atoms with E-state index < -0.39 is 21.9 Å². The third kappa shape index (κ3) is 4.13. The third-order valence-corrected chi connectivity index (χ3v) is 5.33. The maximum atomic E-state index is 13.4. The number of nitrogens with two attached hydrogens (primary N) is 1. The van der Waals surface area contributed by atoms with E-state index in [2.05, 4.69) is 5.10 Å². The van der Waals surface area contributed by atoms with Gasteiger partial charge in [0.25, 0.3) is 0 Å². The number of anilines is 1. The summed E-state index contributed by atoms with van der Waals surface area (Å²) in [5, 5.41) is 8.91. The molecule has 1 heterocycles. The Hall–Kier alpha value is -2.85. The Balaban J connectivity index is 2.30. The zero-order chi connectivity index (χ0) is 21.6. The smallest absolute Gasteiger partial charge is 0.377 e. The molecule has 0 spiro atoms. The van der Waals surface area contributed by atoms with Crippen molar-refractivity contribution in [2.75, 3.05) is 19.0 Å². The molecule has 10 heteroatoms. The topological polar surface area (TPSA) is 81.2 Å². The van der Waals surface area contributed by atoms with Crippen LogP contribution < -0.4 is 10.0 Å². The summed E-state index contributed by atoms with van der Waals surface area (Å²) in [6.07, 6.45) is -4.70. The van der Waals surface area contributed by atoms with Gasteiger partial charge < -0.3 is 4.90 Å². The lowest BCUT2D eigenvalue weighted by molar-refractivity contribution is -0.141. The fourth-order valence-electron chi connectivity index (χ4n) is 3.10. The molecule has 154 valence electrons. The molecule has 0 amide bonds. The molecule has 0 aliphatic carbocycles. The van der Waals surface area contributed by atoms with Crippen molar-refractivity contribution in [2.24, 2.45) is 5.14 Å². The van der Waals surface area contributed by atoms with E-state index in [4.69, 9.17) is 5.14 Å². The van der Waals surface area contributed by atoms with Crippen LogP contribution in [0.4, 0.5) is 18.9 Å². The predicted octanol–water partition coefficient (Wildman–Crippen LogP) is 3.58. The Labute approximate surface area is 166 Å². The van der Waals surface area contributed by atoms with Crippen LogP contribution in [0, 0.1) is 6.92 Å². The lowest BCUT2D eigenvalue weighted by atomic mass is 10.1. The van der Waals surface area contributed by atoms with Crippen LogP contribution in [0.15, 0.2) is 53.4 Å². The number of halogens is 3. The average Bonchev–Trinajstić information content (AvgIpc) is 3.06. The Morgan fingerprint density at radius 2 is 1.72 bits per heavy atom. The molecule has 3 rings (SSSR count). The fraction of sp³-hybridized carbons (Fsp3) is 0.211. The first-order chi connectivity index (χ1) is 13.4. The first-order valence-electron chi connectivity index (χ1n) is 8.47. The van der Waals surface area contributed by atoms with Crippen LogP contribution in [0.3, 0.4) is 0 Å². The minimum absolute atomic E-state index is 0.0603. The normalized spacial score (nSPS) is 12.2. The van der Waals surface area contributed by atoms with Crippen molar-refractivity contribution in [1.29, 1.82) is 0 Å². The van der Waals surface area contributed by atoms with Gasteiger partial charge in [0.2, 0.25) is 10.0 Å². The molecule has 0 aliphatic rings. The van der Waals surface area contributed by atoms with Gasteiger partial charge in [0.15, 0.2) is 5.69 Å². The largest absolute Gasteiger partial charge is 0.435 e. The van der Waals surface area contributed by atoms with Gasteiger partial charge in [-0.15, -0.1) is 0 Å². The number of aromatic nitrogens is 2. The number of primary sulfonamides is 1. The molecular weight excluding hydrogens is 405 g/mol. The first-order valence-corrected chi connectivity index (χ1v) is 10.0. The number of nitrogens with zero attached hydrogens (tertiary/aromatic N) is 3. The predicted molar refractivity (Wildman–Crippen MR) is 104 cm³/mol. The number of sulfonamides is 1. The number of hydrogen-bond acceptors (Lipinski definition) is 4. The molecule has 0 aliphatic heterocycles. The lowest BCUT2D eigenvalue weighted by Crippen LogP contribution is -2.16.